The summed E-state index contributed by atoms with van der Waals surface area (Å²) in [5.41, 5.74) is 4.81. The third-order valence-corrected chi connectivity index (χ3v) is 13.1. The third-order valence-electron chi connectivity index (χ3n) is 13.1. The van der Waals surface area contributed by atoms with E-state index in [1.54, 1.807) is 0 Å². The molecule has 0 unspecified atom stereocenters. The average Bonchev–Trinajstić information content (AvgIpc) is 3.17. The molecule has 310 valence electrons. The van der Waals surface area contributed by atoms with Gasteiger partial charge in [0.15, 0.2) is 0 Å². The Labute approximate surface area is 338 Å². The van der Waals surface area contributed by atoms with Crippen LogP contribution in [0, 0.1) is 22.7 Å². The molecule has 2 aliphatic heterocycles. The molecule has 0 atom stereocenters. The Balaban J connectivity index is 0.000000214. The van der Waals surface area contributed by atoms with Crippen molar-refractivity contribution in [2.24, 2.45) is 22.7 Å². The second-order valence-electron chi connectivity index (χ2n) is 19.2. The minimum Gasteiger partial charge on any atom is -0.490 e. The molecule has 2 N–H and O–H groups in total. The van der Waals surface area contributed by atoms with Gasteiger partial charge in [0.1, 0.15) is 11.5 Å². The maximum absolute atomic E-state index is 10.7. The molecule has 4 aliphatic rings. The van der Waals surface area contributed by atoms with E-state index >= 15 is 0 Å². The first-order valence-electron chi connectivity index (χ1n) is 21.7. The molecule has 2 aromatic carbocycles. The molecule has 0 amide bonds. The monoisotopic (exact) mass is 773 g/mol. The first-order valence-corrected chi connectivity index (χ1v) is 21.7. The summed E-state index contributed by atoms with van der Waals surface area (Å²) in [7, 11) is 0. The van der Waals surface area contributed by atoms with Crippen LogP contribution in [0.3, 0.4) is 0 Å². The number of likely N-dealkylation sites (tertiary alicyclic amines) is 1. The fraction of sp³-hybridized carbons (Fsp3) is 0.667. The molecule has 2 aromatic rings. The van der Waals surface area contributed by atoms with Crippen LogP contribution >= 0.6 is 0 Å². The molecule has 0 bridgehead atoms. The van der Waals surface area contributed by atoms with E-state index in [4.69, 9.17) is 19.7 Å². The van der Waals surface area contributed by atoms with Crippen LogP contribution in [-0.2, 0) is 9.59 Å². The maximum atomic E-state index is 10.7. The number of piperidine rings is 1. The molecule has 3 fully saturated rings. The van der Waals surface area contributed by atoms with Crippen LogP contribution in [-0.4, -0.2) is 83.4 Å². The van der Waals surface area contributed by atoms with E-state index in [-0.39, 0.29) is 12.8 Å². The second-order valence-corrected chi connectivity index (χ2v) is 19.2. The molecule has 0 aromatic heterocycles. The molecule has 0 spiro atoms. The lowest BCUT2D eigenvalue weighted by molar-refractivity contribution is -0.138. The normalized spacial score (nSPS) is 24.4. The molecular weight excluding hydrogens is 701 g/mol. The number of aliphatic carboxylic acids is 2. The number of ether oxygens (including phenoxy) is 2. The van der Waals surface area contributed by atoms with Crippen LogP contribution < -0.4 is 9.47 Å². The Morgan fingerprint density at radius 2 is 1.05 bits per heavy atom. The number of benzene rings is 2. The van der Waals surface area contributed by atoms with Crippen molar-refractivity contribution in [2.75, 3.05) is 39.3 Å². The van der Waals surface area contributed by atoms with Crippen LogP contribution in [0.5, 0.6) is 11.5 Å². The van der Waals surface area contributed by atoms with Gasteiger partial charge in [-0.15, -0.1) is 0 Å². The highest BCUT2D eigenvalue weighted by Crippen LogP contribution is 2.40. The Hall–Kier alpha value is -3.36. The van der Waals surface area contributed by atoms with E-state index in [1.165, 1.54) is 55.2 Å². The quantitative estimate of drug-likeness (QED) is 0.220. The van der Waals surface area contributed by atoms with Crippen LogP contribution in [0.2, 0.25) is 0 Å². The molecule has 2 saturated carbocycles. The summed E-state index contributed by atoms with van der Waals surface area (Å²) in [6.45, 7) is 19.2. The van der Waals surface area contributed by atoms with Crippen molar-refractivity contribution in [2.45, 2.75) is 143 Å². The van der Waals surface area contributed by atoms with Gasteiger partial charge in [-0.1, -0.05) is 71.9 Å². The Kier molecular flexibility index (Phi) is 15.9. The van der Waals surface area contributed by atoms with Crippen molar-refractivity contribution < 1.29 is 29.3 Å². The van der Waals surface area contributed by atoms with Gasteiger partial charge in [0.05, 0.1) is 25.0 Å². The lowest BCUT2D eigenvalue weighted by Crippen LogP contribution is -2.34. The number of rotatable bonds is 12. The summed E-state index contributed by atoms with van der Waals surface area (Å²) in [5, 5.41) is 17.6. The molecule has 2 aliphatic carbocycles. The SMILES string of the molecule is CC(C)(C)C1CCC(Oc2ccc(C3=CCN(CCC(=O)O)CC3)cc2)CC1.CC(C)(C)C1CCC(Oc2ccc(C3CCN(CCC(=O)O)CC3)cc2)CC1. The van der Waals surface area contributed by atoms with Gasteiger partial charge < -0.3 is 24.6 Å². The zero-order valence-electron chi connectivity index (χ0n) is 35.4. The first kappa shape index (κ1) is 43.8. The summed E-state index contributed by atoms with van der Waals surface area (Å²) < 4.78 is 12.5. The summed E-state index contributed by atoms with van der Waals surface area (Å²) >= 11 is 0. The van der Waals surface area contributed by atoms with E-state index in [0.29, 0.717) is 42.0 Å². The van der Waals surface area contributed by atoms with E-state index in [0.717, 1.165) is 81.6 Å². The minimum absolute atomic E-state index is 0.215. The predicted molar refractivity (Wildman–Crippen MR) is 226 cm³/mol. The zero-order chi connectivity index (χ0) is 40.3. The van der Waals surface area contributed by atoms with E-state index in [2.05, 4.69) is 106 Å². The Bertz CT molecular complexity index is 1530. The molecule has 8 nitrogen and oxygen atoms in total. The number of hydrogen-bond donors (Lipinski definition) is 2. The molecular formula is C48H72N2O6. The van der Waals surface area contributed by atoms with Gasteiger partial charge in [0, 0.05) is 26.2 Å². The fourth-order valence-electron chi connectivity index (χ4n) is 9.22. The van der Waals surface area contributed by atoms with Crippen LogP contribution in [0.1, 0.15) is 142 Å². The molecule has 2 heterocycles. The molecule has 8 heteroatoms. The number of carboxylic acids is 2. The number of hydrogen-bond acceptors (Lipinski definition) is 6. The van der Waals surface area contributed by atoms with Crippen molar-refractivity contribution in [1.29, 1.82) is 0 Å². The summed E-state index contributed by atoms with van der Waals surface area (Å²) in [6.07, 6.45) is 16.3. The standard InChI is InChI=1S/C24H37NO3.C24H35NO3/c2*1-24(2,3)20-6-10-22(11-7-20)28-21-8-4-18(5-9-21)19-12-15-25(16-13-19)17-14-23(26)27/h4-5,8-9,19-20,22H,6-7,10-17H2,1-3H3,(H,26,27);4-5,8-9,12,20,22H,6-7,10-11,13-17H2,1-3H3,(H,26,27). The maximum Gasteiger partial charge on any atom is 0.304 e. The van der Waals surface area contributed by atoms with Crippen LogP contribution in [0.15, 0.2) is 54.6 Å². The van der Waals surface area contributed by atoms with Crippen molar-refractivity contribution in [3.05, 3.63) is 65.7 Å². The number of nitrogens with zero attached hydrogens (tertiary/aromatic N) is 2. The fourth-order valence-corrected chi connectivity index (χ4v) is 9.22. The van der Waals surface area contributed by atoms with Gasteiger partial charge in [0.2, 0.25) is 0 Å². The van der Waals surface area contributed by atoms with Crippen LogP contribution in [0.25, 0.3) is 5.57 Å². The Morgan fingerprint density at radius 1 is 0.607 bits per heavy atom. The molecule has 0 radical (unpaired) electrons. The topological polar surface area (TPSA) is 99.5 Å². The lowest BCUT2D eigenvalue weighted by atomic mass is 9.72. The van der Waals surface area contributed by atoms with Crippen molar-refractivity contribution in [3.63, 3.8) is 0 Å². The smallest absolute Gasteiger partial charge is 0.304 e. The molecule has 1 saturated heterocycles. The third kappa shape index (κ3) is 13.9. The molecule has 6 rings (SSSR count). The summed E-state index contributed by atoms with van der Waals surface area (Å²) in [6, 6.07) is 17.3. The highest BCUT2D eigenvalue weighted by molar-refractivity contribution is 5.68. The van der Waals surface area contributed by atoms with E-state index in [1.807, 2.05) is 0 Å². The summed E-state index contributed by atoms with van der Waals surface area (Å²) in [4.78, 5) is 25.9. The first-order chi connectivity index (χ1) is 26.6. The van der Waals surface area contributed by atoms with Gasteiger partial charge in [-0.05, 0) is 153 Å². The predicted octanol–water partition coefficient (Wildman–Crippen LogP) is 10.6. The summed E-state index contributed by atoms with van der Waals surface area (Å²) in [5.74, 6) is 2.75. The van der Waals surface area contributed by atoms with Gasteiger partial charge in [-0.25, -0.2) is 0 Å². The van der Waals surface area contributed by atoms with E-state index < -0.39 is 11.9 Å². The van der Waals surface area contributed by atoms with Crippen molar-refractivity contribution in [3.8, 4) is 11.5 Å². The van der Waals surface area contributed by atoms with Gasteiger partial charge in [-0.3, -0.25) is 14.5 Å². The number of carbonyl (C=O) groups is 2. The number of carboxylic acid groups (broad SMARTS) is 2. The Morgan fingerprint density at radius 3 is 1.46 bits per heavy atom. The van der Waals surface area contributed by atoms with Gasteiger partial charge in [0.25, 0.3) is 0 Å². The second kappa shape index (κ2) is 20.4. The van der Waals surface area contributed by atoms with Crippen molar-refractivity contribution in [1.82, 2.24) is 9.80 Å². The highest BCUT2D eigenvalue weighted by atomic mass is 16.5. The van der Waals surface area contributed by atoms with Crippen LogP contribution in [0.4, 0.5) is 0 Å². The van der Waals surface area contributed by atoms with E-state index in [9.17, 15) is 9.59 Å². The largest absolute Gasteiger partial charge is 0.490 e. The van der Waals surface area contributed by atoms with Crippen molar-refractivity contribution >= 4 is 17.5 Å². The average molecular weight is 773 g/mol. The minimum atomic E-state index is -0.725. The zero-order valence-corrected chi connectivity index (χ0v) is 35.4. The van der Waals surface area contributed by atoms with Gasteiger partial charge >= 0.3 is 11.9 Å². The van der Waals surface area contributed by atoms with Gasteiger partial charge in [-0.2, -0.15) is 0 Å². The molecule has 56 heavy (non-hydrogen) atoms. The lowest BCUT2D eigenvalue weighted by Gasteiger charge is -2.37. The highest BCUT2D eigenvalue weighted by Gasteiger charge is 2.32.